The van der Waals surface area contributed by atoms with E-state index in [1.807, 2.05) is 6.92 Å². The first kappa shape index (κ1) is 26.9. The molecule has 4 aromatic rings. The molecule has 2 atom stereocenters. The van der Waals surface area contributed by atoms with Crippen LogP contribution in [-0.4, -0.2) is 58.6 Å². The molecule has 0 radical (unpaired) electrons. The first-order valence-electron chi connectivity index (χ1n) is 12.2. The molecule has 12 heteroatoms. The van der Waals surface area contributed by atoms with Crippen LogP contribution in [0, 0.1) is 0 Å². The van der Waals surface area contributed by atoms with E-state index in [0.29, 0.717) is 44.2 Å². The number of rotatable bonds is 7. The molecule has 0 amide bonds. The summed E-state index contributed by atoms with van der Waals surface area (Å²) in [7, 11) is -0.602. The van der Waals surface area contributed by atoms with Crippen molar-refractivity contribution in [2.75, 3.05) is 13.7 Å². The zero-order valence-electron chi connectivity index (χ0n) is 21.5. The van der Waals surface area contributed by atoms with E-state index in [9.17, 15) is 18.3 Å². The van der Waals surface area contributed by atoms with E-state index < -0.39 is 28.0 Å². The number of aromatic nitrogens is 3. The maximum atomic E-state index is 13.6. The molecule has 39 heavy (non-hydrogen) atoms. The topological polar surface area (TPSA) is 124 Å². The number of aliphatic carboxylic acids is 1. The third kappa shape index (κ3) is 5.17. The number of carbonyl (C=O) groups is 1. The Kier molecular flexibility index (Phi) is 7.23. The van der Waals surface area contributed by atoms with Gasteiger partial charge in [-0.25, -0.2) is 13.1 Å². The second-order valence-electron chi connectivity index (χ2n) is 9.48. The Labute approximate surface area is 230 Å². The average molecular weight is 571 g/mol. The van der Waals surface area contributed by atoms with Gasteiger partial charge in [-0.1, -0.05) is 41.1 Å². The van der Waals surface area contributed by atoms with E-state index >= 15 is 0 Å². The summed E-state index contributed by atoms with van der Waals surface area (Å²) in [5.74, 6) is -0.750. The second-order valence-corrected chi connectivity index (χ2v) is 11.8. The fourth-order valence-electron chi connectivity index (χ4n) is 4.95. The van der Waals surface area contributed by atoms with Gasteiger partial charge in [0.2, 0.25) is 10.0 Å². The molecule has 0 saturated carbocycles. The van der Waals surface area contributed by atoms with E-state index in [1.165, 1.54) is 17.5 Å². The summed E-state index contributed by atoms with van der Waals surface area (Å²) in [5, 5.41) is 18.4. The Morgan fingerprint density at radius 2 is 1.97 bits per heavy atom. The predicted octanol–water partition coefficient (Wildman–Crippen LogP) is 4.21. The Bertz CT molecular complexity index is 1670. The van der Waals surface area contributed by atoms with Gasteiger partial charge in [-0.2, -0.15) is 4.31 Å². The molecular weight excluding hydrogens is 544 g/mol. The number of halogens is 1. The van der Waals surface area contributed by atoms with Crippen molar-refractivity contribution < 1.29 is 27.8 Å². The lowest BCUT2D eigenvalue weighted by atomic mass is 9.87. The molecule has 1 aromatic heterocycles. The predicted molar refractivity (Wildman–Crippen MR) is 145 cm³/mol. The van der Waals surface area contributed by atoms with E-state index in [4.69, 9.17) is 21.1 Å². The van der Waals surface area contributed by atoms with E-state index in [2.05, 4.69) is 10.3 Å². The zero-order valence-corrected chi connectivity index (χ0v) is 23.1. The molecule has 0 fully saturated rings. The Morgan fingerprint density at radius 3 is 2.72 bits per heavy atom. The number of ether oxygens (including phenoxy) is 2. The quantitative estimate of drug-likeness (QED) is 0.350. The monoisotopic (exact) mass is 570 g/mol. The maximum absolute atomic E-state index is 13.6. The molecule has 0 spiro atoms. The Hall–Kier alpha value is -3.67. The maximum Gasteiger partial charge on any atom is 0.304 e. The van der Waals surface area contributed by atoms with Crippen LogP contribution in [-0.2, 0) is 28.4 Å². The third-order valence-corrected chi connectivity index (χ3v) is 8.98. The largest absolute Gasteiger partial charge is 0.494 e. The lowest BCUT2D eigenvalue weighted by Crippen LogP contribution is -2.35. The lowest BCUT2D eigenvalue weighted by molar-refractivity contribution is -0.137. The lowest BCUT2D eigenvalue weighted by Gasteiger charge is -2.23. The third-order valence-electron chi connectivity index (χ3n) is 6.76. The molecule has 204 valence electrons. The van der Waals surface area contributed by atoms with E-state index in [1.54, 1.807) is 60.3 Å². The summed E-state index contributed by atoms with van der Waals surface area (Å²) < 4.78 is 41.5. The molecule has 5 rings (SSSR count). The van der Waals surface area contributed by atoms with Gasteiger partial charge in [0.15, 0.2) is 0 Å². The van der Waals surface area contributed by atoms with Crippen LogP contribution in [0.25, 0.3) is 11.0 Å². The number of sulfonamides is 1. The number of methoxy groups -OCH3 is 1. The number of benzene rings is 3. The molecule has 1 aliphatic rings. The number of aryl methyl sites for hydroxylation is 1. The molecule has 0 bridgehead atoms. The van der Waals surface area contributed by atoms with Crippen LogP contribution in [0.2, 0.25) is 5.02 Å². The highest BCUT2D eigenvalue weighted by Gasteiger charge is 2.34. The van der Waals surface area contributed by atoms with Gasteiger partial charge in [0, 0.05) is 24.5 Å². The van der Waals surface area contributed by atoms with Crippen LogP contribution < -0.4 is 9.47 Å². The molecule has 3 aromatic carbocycles. The van der Waals surface area contributed by atoms with Gasteiger partial charge in [0.25, 0.3) is 0 Å². The van der Waals surface area contributed by atoms with Crippen LogP contribution >= 0.6 is 11.6 Å². The van der Waals surface area contributed by atoms with Gasteiger partial charge in [-0.3, -0.25) is 4.79 Å². The summed E-state index contributed by atoms with van der Waals surface area (Å²) in [4.78, 5) is 12.0. The normalized spacial score (nSPS) is 17.7. The van der Waals surface area contributed by atoms with Gasteiger partial charge in [0.1, 0.15) is 33.5 Å². The number of nitrogens with zero attached hydrogens (tertiary/aromatic N) is 4. The minimum absolute atomic E-state index is 0.0106. The summed E-state index contributed by atoms with van der Waals surface area (Å²) in [6.45, 7) is 1.92. The summed E-state index contributed by atoms with van der Waals surface area (Å²) in [5.41, 5.74) is 3.15. The first-order valence-corrected chi connectivity index (χ1v) is 14.0. The van der Waals surface area contributed by atoms with Crippen molar-refractivity contribution >= 4 is 38.6 Å². The van der Waals surface area contributed by atoms with Crippen molar-refractivity contribution in [2.45, 2.75) is 36.8 Å². The molecule has 1 aliphatic heterocycles. The first-order chi connectivity index (χ1) is 18.6. The minimum Gasteiger partial charge on any atom is -0.494 e. The highest BCUT2D eigenvalue weighted by Crippen LogP contribution is 2.37. The van der Waals surface area contributed by atoms with Crippen molar-refractivity contribution in [3.8, 4) is 11.5 Å². The molecule has 0 saturated heterocycles. The van der Waals surface area contributed by atoms with Crippen LogP contribution in [0.1, 0.15) is 36.0 Å². The molecule has 2 heterocycles. The number of hydrogen-bond acceptors (Lipinski definition) is 7. The number of carboxylic acids is 1. The summed E-state index contributed by atoms with van der Waals surface area (Å²) in [6, 6.07) is 15.3. The average Bonchev–Trinajstić information content (AvgIpc) is 3.24. The standard InChI is InChI=1S/C27H27ClN4O6S/c1-16-14-32(39(35,36)25-7-5-4-6-23(25)38-16)15-19-10-17(8-9-21(19)28)20(13-26(33)34)18-11-22-27(24(12-18)37-3)31(2)30-29-22/h4-12,16,20H,13-15H2,1-3H3,(H,33,34)/t16-,20?/m1/s1. The van der Waals surface area contributed by atoms with Crippen LogP contribution in [0.4, 0.5) is 0 Å². The smallest absolute Gasteiger partial charge is 0.304 e. The Morgan fingerprint density at radius 1 is 1.21 bits per heavy atom. The summed E-state index contributed by atoms with van der Waals surface area (Å²) in [6.07, 6.45) is -0.604. The van der Waals surface area contributed by atoms with Crippen LogP contribution in [0.15, 0.2) is 59.5 Å². The van der Waals surface area contributed by atoms with Crippen LogP contribution in [0.3, 0.4) is 0 Å². The van der Waals surface area contributed by atoms with E-state index in [-0.39, 0.29) is 24.4 Å². The second kappa shape index (κ2) is 10.5. The molecule has 10 nitrogen and oxygen atoms in total. The molecule has 1 unspecified atom stereocenters. The minimum atomic E-state index is -3.88. The van der Waals surface area contributed by atoms with Gasteiger partial charge >= 0.3 is 5.97 Å². The molecule has 1 N–H and O–H groups in total. The van der Waals surface area contributed by atoms with E-state index in [0.717, 1.165) is 0 Å². The van der Waals surface area contributed by atoms with Crippen molar-refractivity contribution in [1.82, 2.24) is 19.3 Å². The van der Waals surface area contributed by atoms with Crippen molar-refractivity contribution in [3.63, 3.8) is 0 Å². The van der Waals surface area contributed by atoms with Gasteiger partial charge < -0.3 is 14.6 Å². The van der Waals surface area contributed by atoms with Crippen molar-refractivity contribution in [3.05, 3.63) is 76.3 Å². The number of hydrogen-bond donors (Lipinski definition) is 1. The molecular formula is C27H27ClN4O6S. The zero-order chi connectivity index (χ0) is 27.9. The number of carboxylic acid groups (broad SMARTS) is 1. The highest BCUT2D eigenvalue weighted by molar-refractivity contribution is 7.89. The fraction of sp³-hybridized carbons (Fsp3) is 0.296. The fourth-order valence-corrected chi connectivity index (χ4v) is 6.74. The SMILES string of the molecule is COc1cc(C(CC(=O)O)c2ccc(Cl)c(CN3C[C@@H](C)Oc4ccccc4S3(=O)=O)c2)cc2nnn(C)c12. The van der Waals surface area contributed by atoms with Gasteiger partial charge in [-0.05, 0) is 53.9 Å². The Balaban J connectivity index is 1.56. The highest BCUT2D eigenvalue weighted by atomic mass is 35.5. The van der Waals surface area contributed by atoms with Crippen LogP contribution in [0.5, 0.6) is 11.5 Å². The molecule has 0 aliphatic carbocycles. The van der Waals surface area contributed by atoms with Crippen molar-refractivity contribution in [2.24, 2.45) is 7.05 Å². The van der Waals surface area contributed by atoms with Gasteiger partial charge in [0.05, 0.1) is 20.1 Å². The van der Waals surface area contributed by atoms with Crippen molar-refractivity contribution in [1.29, 1.82) is 0 Å². The number of para-hydroxylation sites is 1. The number of fused-ring (bicyclic) bond motifs is 2. The van der Waals surface area contributed by atoms with Gasteiger partial charge in [-0.15, -0.1) is 5.10 Å². The summed E-state index contributed by atoms with van der Waals surface area (Å²) >= 11 is 6.56.